The molecule has 1 fully saturated rings. The van der Waals surface area contributed by atoms with Crippen molar-refractivity contribution >= 4 is 45.0 Å². The predicted octanol–water partition coefficient (Wildman–Crippen LogP) is 6.03. The lowest BCUT2D eigenvalue weighted by Crippen LogP contribution is -2.51. The van der Waals surface area contributed by atoms with Gasteiger partial charge in [0.15, 0.2) is 11.5 Å². The Labute approximate surface area is 324 Å². The van der Waals surface area contributed by atoms with Crippen LogP contribution in [-0.2, 0) is 32.6 Å². The standard InChI is InChI=1S/C41H50N4O7S.ClH/c1-6-44(41(47)37(42-4)20-29-10-12-30(13-11-29)25-45-27(2)8-7-9-28(45)3)40(46)36(33-16-19-38-39(23-33)52-26-51-38)24-43-53(48,49)35-18-15-31-21-34(50-5)17-14-32(31)22-35;/h10-19,21-23,27-28,36-37,42-43H,6-9,20,24-26H2,1-5H3;1H/t27-,28+,36-,37+;/m0./s1. The highest BCUT2D eigenvalue weighted by molar-refractivity contribution is 7.89. The number of amides is 2. The van der Waals surface area contributed by atoms with E-state index in [0.717, 1.165) is 22.9 Å². The van der Waals surface area contributed by atoms with Crippen molar-refractivity contribution in [2.75, 3.05) is 34.0 Å². The number of carbonyl (C=O) groups is 2. The number of nitrogens with one attached hydrogen (secondary N) is 2. The number of hydrogen-bond acceptors (Lipinski definition) is 9. The van der Waals surface area contributed by atoms with Crippen molar-refractivity contribution < 1.29 is 32.2 Å². The molecule has 2 aliphatic heterocycles. The lowest BCUT2D eigenvalue weighted by atomic mass is 9.95. The third kappa shape index (κ3) is 9.18. The number of halogens is 1. The minimum absolute atomic E-state index is 0. The Hall–Kier alpha value is -4.20. The van der Waals surface area contributed by atoms with Crippen molar-refractivity contribution in [2.45, 2.75) is 81.9 Å². The summed E-state index contributed by atoms with van der Waals surface area (Å²) in [5.74, 6) is -0.313. The molecule has 0 bridgehead atoms. The van der Waals surface area contributed by atoms with Crippen LogP contribution in [0.1, 0.15) is 62.6 Å². The zero-order valence-corrected chi connectivity index (χ0v) is 33.2. The normalized spacial score (nSPS) is 18.1. The Kier molecular flexibility index (Phi) is 13.6. The van der Waals surface area contributed by atoms with Crippen LogP contribution in [0.4, 0.5) is 0 Å². The highest BCUT2D eigenvalue weighted by Gasteiger charge is 2.34. The number of piperidine rings is 1. The topological polar surface area (TPSA) is 127 Å². The van der Waals surface area contributed by atoms with Gasteiger partial charge in [-0.05, 0) is 111 Å². The van der Waals surface area contributed by atoms with E-state index in [1.807, 2.05) is 6.07 Å². The van der Waals surface area contributed by atoms with Gasteiger partial charge in [-0.25, -0.2) is 13.1 Å². The lowest BCUT2D eigenvalue weighted by Gasteiger charge is -2.39. The van der Waals surface area contributed by atoms with Crippen molar-refractivity contribution in [1.82, 2.24) is 19.8 Å². The Morgan fingerprint density at radius 2 is 1.56 bits per heavy atom. The number of hydrogen-bond donors (Lipinski definition) is 2. The first-order valence-corrected chi connectivity index (χ1v) is 19.8. The molecule has 0 aliphatic carbocycles. The van der Waals surface area contributed by atoms with Gasteiger partial charge in [-0.2, -0.15) is 0 Å². The quantitative estimate of drug-likeness (QED) is 0.158. The molecular formula is C41H51ClN4O7S. The summed E-state index contributed by atoms with van der Waals surface area (Å²) < 4.78 is 46.3. The molecule has 6 rings (SSSR count). The van der Waals surface area contributed by atoms with Crippen LogP contribution in [0.25, 0.3) is 10.8 Å². The number of sulfonamides is 1. The van der Waals surface area contributed by atoms with Crippen molar-refractivity contribution in [3.05, 3.63) is 95.6 Å². The van der Waals surface area contributed by atoms with E-state index in [1.54, 1.807) is 63.5 Å². The first-order chi connectivity index (χ1) is 25.5. The average molecular weight is 779 g/mol. The minimum Gasteiger partial charge on any atom is -0.497 e. The zero-order chi connectivity index (χ0) is 37.7. The van der Waals surface area contributed by atoms with Crippen LogP contribution in [0.2, 0.25) is 0 Å². The number of nitrogens with zero attached hydrogens (tertiary/aromatic N) is 2. The molecule has 54 heavy (non-hydrogen) atoms. The van der Waals surface area contributed by atoms with E-state index in [9.17, 15) is 18.0 Å². The third-order valence-electron chi connectivity index (χ3n) is 10.6. The maximum atomic E-state index is 14.4. The highest BCUT2D eigenvalue weighted by atomic mass is 35.5. The predicted molar refractivity (Wildman–Crippen MR) is 212 cm³/mol. The largest absolute Gasteiger partial charge is 0.497 e. The lowest BCUT2D eigenvalue weighted by molar-refractivity contribution is -0.146. The molecule has 11 nitrogen and oxygen atoms in total. The molecule has 4 aromatic carbocycles. The number of imide groups is 1. The van der Waals surface area contributed by atoms with Crippen molar-refractivity contribution in [1.29, 1.82) is 0 Å². The molecule has 13 heteroatoms. The Bertz CT molecular complexity index is 2040. The second kappa shape index (κ2) is 18.0. The summed E-state index contributed by atoms with van der Waals surface area (Å²) in [7, 11) is -0.779. The van der Waals surface area contributed by atoms with Crippen LogP contribution in [-0.4, -0.2) is 82.2 Å². The van der Waals surface area contributed by atoms with Gasteiger partial charge in [0.05, 0.1) is 24.0 Å². The highest BCUT2D eigenvalue weighted by Crippen LogP contribution is 2.35. The third-order valence-corrected chi connectivity index (χ3v) is 12.0. The van der Waals surface area contributed by atoms with Gasteiger partial charge in [-0.3, -0.25) is 19.4 Å². The van der Waals surface area contributed by atoms with Gasteiger partial charge in [0.25, 0.3) is 0 Å². The molecule has 0 unspecified atom stereocenters. The van der Waals surface area contributed by atoms with E-state index >= 15 is 0 Å². The Balaban J connectivity index is 0.00000561. The van der Waals surface area contributed by atoms with E-state index in [2.05, 4.69) is 53.1 Å². The minimum atomic E-state index is -4.06. The van der Waals surface area contributed by atoms with E-state index in [1.165, 1.54) is 35.8 Å². The summed E-state index contributed by atoms with van der Waals surface area (Å²) in [6.07, 6.45) is 4.07. The van der Waals surface area contributed by atoms with Crippen LogP contribution in [0.3, 0.4) is 0 Å². The van der Waals surface area contributed by atoms with Crippen LogP contribution in [0.5, 0.6) is 17.2 Å². The summed E-state index contributed by atoms with van der Waals surface area (Å²) in [5, 5.41) is 4.66. The molecule has 290 valence electrons. The van der Waals surface area contributed by atoms with Gasteiger partial charge in [0.1, 0.15) is 5.75 Å². The van der Waals surface area contributed by atoms with E-state index in [0.29, 0.717) is 41.3 Å². The van der Waals surface area contributed by atoms with Crippen molar-refractivity contribution in [2.24, 2.45) is 0 Å². The number of carbonyl (C=O) groups excluding carboxylic acids is 2. The van der Waals surface area contributed by atoms with Gasteiger partial charge >= 0.3 is 0 Å². The molecule has 2 heterocycles. The van der Waals surface area contributed by atoms with Gasteiger partial charge in [0, 0.05) is 31.7 Å². The molecule has 0 radical (unpaired) electrons. The first kappa shape index (κ1) is 41.0. The van der Waals surface area contributed by atoms with Crippen molar-refractivity contribution in [3.8, 4) is 17.2 Å². The summed E-state index contributed by atoms with van der Waals surface area (Å²) in [5.41, 5.74) is 2.69. The van der Waals surface area contributed by atoms with Crippen LogP contribution < -0.4 is 24.2 Å². The summed E-state index contributed by atoms with van der Waals surface area (Å²) in [6.45, 7) is 7.07. The SMILES string of the molecule is CCN(C(=O)[C@@H](CNS(=O)(=O)c1ccc2cc(OC)ccc2c1)c1ccc2c(c1)OCO2)C(=O)[C@@H](Cc1ccc(CN2[C@H](C)CCC[C@@H]2C)cc1)NC.Cl. The number of likely N-dealkylation sites (tertiary alicyclic amines) is 1. The molecule has 0 spiro atoms. The monoisotopic (exact) mass is 778 g/mol. The number of benzene rings is 4. The molecular weight excluding hydrogens is 728 g/mol. The maximum Gasteiger partial charge on any atom is 0.246 e. The molecule has 4 atom stereocenters. The number of fused-ring (bicyclic) bond motifs is 2. The Morgan fingerprint density at radius 1 is 0.889 bits per heavy atom. The number of rotatable bonds is 14. The van der Waals surface area contributed by atoms with Crippen molar-refractivity contribution in [3.63, 3.8) is 0 Å². The Morgan fingerprint density at radius 3 is 2.24 bits per heavy atom. The smallest absolute Gasteiger partial charge is 0.246 e. The van der Waals surface area contributed by atoms with Crippen LogP contribution in [0.15, 0.2) is 83.8 Å². The molecule has 2 aliphatic rings. The van der Waals surface area contributed by atoms with E-state index < -0.39 is 33.8 Å². The fraction of sp³-hybridized carbons (Fsp3) is 0.415. The van der Waals surface area contributed by atoms with E-state index in [-0.39, 0.29) is 37.2 Å². The second-order valence-corrected chi connectivity index (χ2v) is 15.7. The molecule has 2 amide bonds. The average Bonchev–Trinajstić information content (AvgIpc) is 3.64. The van der Waals surface area contributed by atoms with Gasteiger partial charge in [-0.1, -0.05) is 48.9 Å². The first-order valence-electron chi connectivity index (χ1n) is 18.3. The fourth-order valence-electron chi connectivity index (χ4n) is 7.37. The maximum absolute atomic E-state index is 14.4. The van der Waals surface area contributed by atoms with Gasteiger partial charge in [0.2, 0.25) is 28.6 Å². The number of ether oxygens (including phenoxy) is 3. The van der Waals surface area contributed by atoms with E-state index in [4.69, 9.17) is 14.2 Å². The summed E-state index contributed by atoms with van der Waals surface area (Å²) in [6, 6.07) is 24.0. The number of likely N-dealkylation sites (N-methyl/N-ethyl adjacent to an activating group) is 2. The summed E-state index contributed by atoms with van der Waals surface area (Å²) >= 11 is 0. The number of methoxy groups -OCH3 is 1. The molecule has 0 aromatic heterocycles. The molecule has 2 N–H and O–H groups in total. The molecule has 4 aromatic rings. The van der Waals surface area contributed by atoms with Gasteiger partial charge in [-0.15, -0.1) is 12.4 Å². The second-order valence-electron chi connectivity index (χ2n) is 14.0. The summed E-state index contributed by atoms with van der Waals surface area (Å²) in [4.78, 5) is 32.3. The molecule has 1 saturated heterocycles. The van der Waals surface area contributed by atoms with Crippen LogP contribution >= 0.6 is 12.4 Å². The van der Waals surface area contributed by atoms with Crippen LogP contribution in [0, 0.1) is 0 Å². The fourth-order valence-corrected chi connectivity index (χ4v) is 8.46. The van der Waals surface area contributed by atoms with Gasteiger partial charge < -0.3 is 19.5 Å². The zero-order valence-electron chi connectivity index (χ0n) is 31.5. The molecule has 0 saturated carbocycles.